The van der Waals surface area contributed by atoms with Crippen molar-refractivity contribution in [2.45, 2.75) is 18.9 Å². The molecule has 2 amide bonds. The van der Waals surface area contributed by atoms with Gasteiger partial charge in [-0.05, 0) is 37.1 Å². The molecule has 1 aliphatic rings. The first-order valence-corrected chi connectivity index (χ1v) is 9.69. The van der Waals surface area contributed by atoms with Gasteiger partial charge in [0.05, 0.1) is 24.5 Å². The number of carbonyl (C=O) groups excluding carboxylic acids is 2. The molecular weight excluding hydrogens is 396 g/mol. The van der Waals surface area contributed by atoms with Crippen LogP contribution >= 0.6 is 11.6 Å². The van der Waals surface area contributed by atoms with E-state index in [-0.39, 0.29) is 24.5 Å². The number of nitrogens with one attached hydrogen (secondary N) is 2. The molecule has 0 spiro atoms. The fourth-order valence-electron chi connectivity index (χ4n) is 2.99. The van der Waals surface area contributed by atoms with Gasteiger partial charge < -0.3 is 24.8 Å². The van der Waals surface area contributed by atoms with Crippen LogP contribution in [0, 0.1) is 0 Å². The summed E-state index contributed by atoms with van der Waals surface area (Å²) in [6, 6.07) is 11.7. The summed E-state index contributed by atoms with van der Waals surface area (Å²) in [6.45, 7) is 0.916. The molecule has 0 aliphatic carbocycles. The van der Waals surface area contributed by atoms with E-state index < -0.39 is 0 Å². The molecule has 1 unspecified atom stereocenters. The smallest absolute Gasteiger partial charge is 0.262 e. The van der Waals surface area contributed by atoms with Crippen LogP contribution in [0.1, 0.15) is 23.2 Å². The first-order chi connectivity index (χ1) is 14.1. The summed E-state index contributed by atoms with van der Waals surface area (Å²) in [6.07, 6.45) is 1.99. The van der Waals surface area contributed by atoms with Crippen molar-refractivity contribution in [3.05, 3.63) is 53.1 Å². The number of rotatable bonds is 8. The molecule has 2 aromatic carbocycles. The molecule has 0 aromatic heterocycles. The van der Waals surface area contributed by atoms with Gasteiger partial charge in [0.2, 0.25) is 0 Å². The van der Waals surface area contributed by atoms with Crippen LogP contribution in [0.25, 0.3) is 0 Å². The van der Waals surface area contributed by atoms with Gasteiger partial charge in [0.25, 0.3) is 11.8 Å². The predicted molar refractivity (Wildman–Crippen MR) is 110 cm³/mol. The standard InChI is InChI=1S/C21H23ClN2O5/c1-27-19-11-14(22)8-9-17(19)24-20(25)13-29-18-7-3-2-6-16(18)21(26)23-12-15-5-4-10-28-15/h2-3,6-9,11,15H,4-5,10,12-13H2,1H3,(H,23,26)(H,24,25). The highest BCUT2D eigenvalue weighted by Crippen LogP contribution is 2.27. The van der Waals surface area contributed by atoms with Gasteiger partial charge >= 0.3 is 0 Å². The number of ether oxygens (including phenoxy) is 3. The van der Waals surface area contributed by atoms with E-state index in [9.17, 15) is 9.59 Å². The summed E-state index contributed by atoms with van der Waals surface area (Å²) in [7, 11) is 1.49. The lowest BCUT2D eigenvalue weighted by Gasteiger charge is -2.14. The summed E-state index contributed by atoms with van der Waals surface area (Å²) in [5.74, 6) is 0.117. The summed E-state index contributed by atoms with van der Waals surface area (Å²) < 4.78 is 16.3. The second-order valence-corrected chi connectivity index (χ2v) is 6.96. The van der Waals surface area contributed by atoms with Gasteiger partial charge in [0.1, 0.15) is 11.5 Å². The van der Waals surface area contributed by atoms with E-state index in [4.69, 9.17) is 25.8 Å². The summed E-state index contributed by atoms with van der Waals surface area (Å²) in [5, 5.41) is 6.06. The van der Waals surface area contributed by atoms with Gasteiger partial charge in [-0.3, -0.25) is 9.59 Å². The zero-order valence-corrected chi connectivity index (χ0v) is 16.8. The van der Waals surface area contributed by atoms with Crippen molar-refractivity contribution in [1.82, 2.24) is 5.32 Å². The molecule has 1 fully saturated rings. The van der Waals surface area contributed by atoms with Gasteiger partial charge in [-0.2, -0.15) is 0 Å². The summed E-state index contributed by atoms with van der Waals surface area (Å²) in [5.41, 5.74) is 0.843. The van der Waals surface area contributed by atoms with Crippen molar-refractivity contribution < 1.29 is 23.8 Å². The van der Waals surface area contributed by atoms with Crippen LogP contribution < -0.4 is 20.1 Å². The lowest BCUT2D eigenvalue weighted by molar-refractivity contribution is -0.118. The van der Waals surface area contributed by atoms with Crippen molar-refractivity contribution in [1.29, 1.82) is 0 Å². The third-order valence-corrected chi connectivity index (χ3v) is 4.68. The minimum absolute atomic E-state index is 0.0483. The Labute approximate surface area is 174 Å². The fraction of sp³-hybridized carbons (Fsp3) is 0.333. The number of halogens is 1. The lowest BCUT2D eigenvalue weighted by atomic mass is 10.1. The highest BCUT2D eigenvalue weighted by atomic mass is 35.5. The van der Waals surface area contributed by atoms with Crippen molar-refractivity contribution >= 4 is 29.1 Å². The molecule has 154 valence electrons. The maximum atomic E-state index is 12.5. The number of methoxy groups -OCH3 is 1. The second-order valence-electron chi connectivity index (χ2n) is 6.52. The van der Waals surface area contributed by atoms with Crippen LogP contribution in [-0.4, -0.2) is 44.8 Å². The molecule has 2 N–H and O–H groups in total. The van der Waals surface area contributed by atoms with E-state index in [0.717, 1.165) is 19.4 Å². The van der Waals surface area contributed by atoms with Crippen LogP contribution in [0.15, 0.2) is 42.5 Å². The van der Waals surface area contributed by atoms with Crippen molar-refractivity contribution in [2.24, 2.45) is 0 Å². The first-order valence-electron chi connectivity index (χ1n) is 9.32. The second kappa shape index (κ2) is 10.1. The Bertz CT molecular complexity index is 868. The van der Waals surface area contributed by atoms with E-state index in [1.807, 2.05) is 0 Å². The Hall–Kier alpha value is -2.77. The Kier molecular flexibility index (Phi) is 7.32. The van der Waals surface area contributed by atoms with E-state index in [1.54, 1.807) is 42.5 Å². The highest BCUT2D eigenvalue weighted by molar-refractivity contribution is 6.30. The maximum Gasteiger partial charge on any atom is 0.262 e. The predicted octanol–water partition coefficient (Wildman–Crippen LogP) is 3.27. The van der Waals surface area contributed by atoms with Crippen molar-refractivity contribution in [3.8, 4) is 11.5 Å². The SMILES string of the molecule is COc1cc(Cl)ccc1NC(=O)COc1ccccc1C(=O)NCC1CCCO1. The molecule has 8 heteroatoms. The average Bonchev–Trinajstić information content (AvgIpc) is 3.25. The van der Waals surface area contributed by atoms with Crippen LogP contribution in [0.2, 0.25) is 5.02 Å². The third kappa shape index (κ3) is 5.85. The quantitative estimate of drug-likeness (QED) is 0.687. The number of amides is 2. The Morgan fingerprint density at radius 2 is 2.03 bits per heavy atom. The van der Waals surface area contributed by atoms with Crippen molar-refractivity contribution in [3.63, 3.8) is 0 Å². The molecule has 1 saturated heterocycles. The number of anilines is 1. The number of hydrogen-bond acceptors (Lipinski definition) is 5. The Morgan fingerprint density at radius 1 is 1.21 bits per heavy atom. The van der Waals surface area contributed by atoms with Crippen LogP contribution in [0.5, 0.6) is 11.5 Å². The molecular formula is C21H23ClN2O5. The van der Waals surface area contributed by atoms with E-state index in [1.165, 1.54) is 7.11 Å². The van der Waals surface area contributed by atoms with Crippen LogP contribution in [-0.2, 0) is 9.53 Å². The fourth-order valence-corrected chi connectivity index (χ4v) is 3.15. The molecule has 0 saturated carbocycles. The topological polar surface area (TPSA) is 85.9 Å². The minimum atomic E-state index is -0.389. The lowest BCUT2D eigenvalue weighted by Crippen LogP contribution is -2.32. The largest absolute Gasteiger partial charge is 0.495 e. The van der Waals surface area contributed by atoms with Gasteiger partial charge in [-0.25, -0.2) is 0 Å². The molecule has 1 aliphatic heterocycles. The molecule has 2 aromatic rings. The van der Waals surface area contributed by atoms with Crippen LogP contribution in [0.4, 0.5) is 5.69 Å². The van der Waals surface area contributed by atoms with Crippen LogP contribution in [0.3, 0.4) is 0 Å². The number of carbonyl (C=O) groups is 2. The molecule has 0 bridgehead atoms. The molecule has 7 nitrogen and oxygen atoms in total. The van der Waals surface area contributed by atoms with Gasteiger partial charge in [-0.1, -0.05) is 23.7 Å². The van der Waals surface area contributed by atoms with E-state index >= 15 is 0 Å². The summed E-state index contributed by atoms with van der Waals surface area (Å²) >= 11 is 5.92. The molecule has 0 radical (unpaired) electrons. The minimum Gasteiger partial charge on any atom is -0.495 e. The van der Waals surface area contributed by atoms with Crippen molar-refractivity contribution in [2.75, 3.05) is 32.2 Å². The number of hydrogen-bond donors (Lipinski definition) is 2. The third-order valence-electron chi connectivity index (χ3n) is 4.44. The first kappa shape index (κ1) is 21.0. The summed E-state index contributed by atoms with van der Waals surface area (Å²) in [4.78, 5) is 24.8. The monoisotopic (exact) mass is 418 g/mol. The van der Waals surface area contributed by atoms with Gasteiger partial charge in [0.15, 0.2) is 6.61 Å². The molecule has 29 heavy (non-hydrogen) atoms. The zero-order valence-electron chi connectivity index (χ0n) is 16.1. The van der Waals surface area contributed by atoms with E-state index in [2.05, 4.69) is 10.6 Å². The average molecular weight is 419 g/mol. The van der Waals surface area contributed by atoms with E-state index in [0.29, 0.717) is 34.3 Å². The molecule has 1 heterocycles. The number of benzene rings is 2. The number of para-hydroxylation sites is 1. The molecule has 3 rings (SSSR count). The maximum absolute atomic E-state index is 12.5. The normalized spacial score (nSPS) is 15.6. The highest BCUT2D eigenvalue weighted by Gasteiger charge is 2.19. The Balaban J connectivity index is 1.57. The van der Waals surface area contributed by atoms with Gasteiger partial charge in [-0.15, -0.1) is 0 Å². The van der Waals surface area contributed by atoms with Gasteiger partial charge in [0, 0.05) is 24.2 Å². The molecule has 1 atom stereocenters. The zero-order chi connectivity index (χ0) is 20.6. The Morgan fingerprint density at radius 3 is 2.79 bits per heavy atom.